The van der Waals surface area contributed by atoms with Gasteiger partial charge in [-0.3, -0.25) is 4.79 Å². The minimum absolute atomic E-state index is 0.000831. The van der Waals surface area contributed by atoms with Crippen molar-refractivity contribution in [2.45, 2.75) is 64.4 Å². The number of aromatic nitrogens is 2. The van der Waals surface area contributed by atoms with Gasteiger partial charge in [-0.15, -0.1) is 0 Å². The van der Waals surface area contributed by atoms with E-state index in [-0.39, 0.29) is 16.8 Å². The maximum absolute atomic E-state index is 11.4. The van der Waals surface area contributed by atoms with Gasteiger partial charge in [0, 0.05) is 37.6 Å². The predicted molar refractivity (Wildman–Crippen MR) is 137 cm³/mol. The zero-order valence-corrected chi connectivity index (χ0v) is 22.3. The minimum atomic E-state index is -1.97. The summed E-state index contributed by atoms with van der Waals surface area (Å²) in [6.07, 6.45) is 5.05. The third-order valence-corrected chi connectivity index (χ3v) is 11.2. The Kier molecular flexibility index (Phi) is 8.78. The summed E-state index contributed by atoms with van der Waals surface area (Å²) >= 11 is 0. The second-order valence-electron chi connectivity index (χ2n) is 10.4. The zero-order chi connectivity index (χ0) is 24.8. The van der Waals surface area contributed by atoms with Gasteiger partial charge in [-0.05, 0) is 43.1 Å². The number of imidazole rings is 1. The Morgan fingerprint density at radius 3 is 2.65 bits per heavy atom. The van der Waals surface area contributed by atoms with Crippen LogP contribution in [0.15, 0.2) is 36.8 Å². The van der Waals surface area contributed by atoms with Gasteiger partial charge in [0.15, 0.2) is 8.32 Å². The van der Waals surface area contributed by atoms with E-state index in [4.69, 9.17) is 19.6 Å². The van der Waals surface area contributed by atoms with E-state index in [1.165, 1.54) is 5.69 Å². The molecule has 34 heavy (non-hydrogen) atoms. The summed E-state index contributed by atoms with van der Waals surface area (Å²) < 4.78 is 20.2. The van der Waals surface area contributed by atoms with E-state index in [2.05, 4.69) is 55.9 Å². The van der Waals surface area contributed by atoms with Crippen LogP contribution in [0.2, 0.25) is 18.1 Å². The van der Waals surface area contributed by atoms with Gasteiger partial charge in [-0.25, -0.2) is 4.98 Å². The van der Waals surface area contributed by atoms with Gasteiger partial charge in [0.2, 0.25) is 0 Å². The number of nitrogens with zero attached hydrogens (tertiary/aromatic N) is 3. The van der Waals surface area contributed by atoms with Crippen molar-refractivity contribution in [1.82, 2.24) is 9.55 Å². The molecule has 0 bridgehead atoms. The van der Waals surface area contributed by atoms with Crippen LogP contribution in [-0.4, -0.2) is 62.8 Å². The number of ether oxygens (including phenoxy) is 2. The summed E-state index contributed by atoms with van der Waals surface area (Å²) in [6.45, 7) is 15.8. The molecule has 2 N–H and O–H groups in total. The number of carbonyl (C=O) groups is 1. The van der Waals surface area contributed by atoms with Crippen LogP contribution in [0.25, 0.3) is 0 Å². The summed E-state index contributed by atoms with van der Waals surface area (Å²) in [6, 6.07) is 8.27. The summed E-state index contributed by atoms with van der Waals surface area (Å²) in [5.41, 5.74) is 6.81. The average molecular weight is 489 g/mol. The Labute approximate surface area is 204 Å². The van der Waals surface area contributed by atoms with Crippen LogP contribution >= 0.6 is 0 Å². The Hall–Kier alpha value is -2.36. The second kappa shape index (κ2) is 11.4. The highest BCUT2D eigenvalue weighted by atomic mass is 28.4. The van der Waals surface area contributed by atoms with Crippen molar-refractivity contribution >= 4 is 19.9 Å². The van der Waals surface area contributed by atoms with Gasteiger partial charge >= 0.3 is 0 Å². The van der Waals surface area contributed by atoms with E-state index in [1.54, 1.807) is 12.5 Å². The molecule has 0 radical (unpaired) electrons. The van der Waals surface area contributed by atoms with Crippen molar-refractivity contribution in [1.29, 1.82) is 0 Å². The fourth-order valence-corrected chi connectivity index (χ4v) is 5.08. The van der Waals surface area contributed by atoms with E-state index in [9.17, 15) is 4.79 Å². The second-order valence-corrected chi connectivity index (χ2v) is 15.2. The average Bonchev–Trinajstić information content (AvgIpc) is 3.25. The van der Waals surface area contributed by atoms with Crippen LogP contribution in [0.3, 0.4) is 0 Å². The van der Waals surface area contributed by atoms with Crippen molar-refractivity contribution in [3.63, 3.8) is 0 Å². The molecule has 8 nitrogen and oxygen atoms in total. The molecule has 1 aliphatic heterocycles. The molecule has 1 aliphatic rings. The molecule has 1 aromatic carbocycles. The molecule has 1 saturated heterocycles. The molecule has 0 aliphatic carbocycles. The molecule has 3 rings (SSSR count). The van der Waals surface area contributed by atoms with Crippen molar-refractivity contribution in [2.75, 3.05) is 37.8 Å². The maximum atomic E-state index is 11.4. The highest BCUT2D eigenvalue weighted by Crippen LogP contribution is 2.38. The fraction of sp³-hybridized carbons (Fsp3) is 0.600. The molecule has 1 aromatic heterocycles. The van der Waals surface area contributed by atoms with Gasteiger partial charge in [-0.1, -0.05) is 26.8 Å². The van der Waals surface area contributed by atoms with Gasteiger partial charge in [0.1, 0.15) is 11.4 Å². The Bertz CT molecular complexity index is 935. The first-order chi connectivity index (χ1) is 16.0. The Balaban J connectivity index is 1.58. The Morgan fingerprint density at radius 1 is 1.26 bits per heavy atom. The number of carbonyl (C=O) groups excluding carboxylic acids is 1. The minimum Gasteiger partial charge on any atom is -0.494 e. The van der Waals surface area contributed by atoms with E-state index >= 15 is 0 Å². The number of morpholine rings is 1. The number of rotatable bonds is 11. The monoisotopic (exact) mass is 488 g/mol. The van der Waals surface area contributed by atoms with Crippen LogP contribution in [0.4, 0.5) is 5.69 Å². The van der Waals surface area contributed by atoms with E-state index in [0.717, 1.165) is 44.9 Å². The summed E-state index contributed by atoms with van der Waals surface area (Å²) in [5.74, 6) is 0.361. The maximum Gasteiger partial charge on any atom is 0.268 e. The van der Waals surface area contributed by atoms with Crippen molar-refractivity contribution in [3.8, 4) is 5.75 Å². The van der Waals surface area contributed by atoms with E-state index in [1.807, 2.05) is 16.7 Å². The van der Waals surface area contributed by atoms with Crippen LogP contribution in [0.5, 0.6) is 5.75 Å². The number of anilines is 1. The molecule has 0 saturated carbocycles. The number of hydrogen-bond acceptors (Lipinski definition) is 6. The molecule has 0 spiro atoms. The lowest BCUT2D eigenvalue weighted by Crippen LogP contribution is -2.45. The SMILES string of the molecule is CC(C)(C)[Si](C)(C)O[C@@H](CCCOc1cccc(N2CCOCC2)c1)Cn1cnc(C(N)=O)c1. The molecule has 2 heterocycles. The molecule has 0 unspecified atom stereocenters. The first-order valence-electron chi connectivity index (χ1n) is 12.1. The quantitative estimate of drug-likeness (QED) is 0.379. The van der Waals surface area contributed by atoms with E-state index in [0.29, 0.717) is 13.2 Å². The lowest BCUT2D eigenvalue weighted by molar-refractivity contribution is 0.0995. The van der Waals surface area contributed by atoms with Crippen molar-refractivity contribution < 1.29 is 18.7 Å². The van der Waals surface area contributed by atoms with Gasteiger partial charge in [-0.2, -0.15) is 0 Å². The van der Waals surface area contributed by atoms with Crippen molar-refractivity contribution in [3.05, 3.63) is 42.5 Å². The lowest BCUT2D eigenvalue weighted by Gasteiger charge is -2.39. The molecular weight excluding hydrogens is 448 g/mol. The third kappa shape index (κ3) is 7.32. The standard InChI is InChI=1S/C25H40N4O4Si/c1-25(2,3)34(4,5)33-22(17-28-18-23(24(26)30)27-19-28)10-7-13-32-21-9-6-8-20(16-21)29-11-14-31-15-12-29/h6,8-9,16,18-19,22H,7,10-15,17H2,1-5H3,(H2,26,30)/t22-/m0/s1. The number of benzene rings is 1. The Morgan fingerprint density at radius 2 is 2.00 bits per heavy atom. The van der Waals surface area contributed by atoms with Gasteiger partial charge in [0.25, 0.3) is 5.91 Å². The molecule has 9 heteroatoms. The largest absolute Gasteiger partial charge is 0.494 e. The number of amides is 1. The number of hydrogen-bond donors (Lipinski definition) is 1. The zero-order valence-electron chi connectivity index (χ0n) is 21.3. The molecule has 2 aromatic rings. The summed E-state index contributed by atoms with van der Waals surface area (Å²) in [4.78, 5) is 17.9. The molecule has 1 atom stereocenters. The molecule has 188 valence electrons. The third-order valence-electron chi connectivity index (χ3n) is 6.70. The molecule has 1 fully saturated rings. The summed E-state index contributed by atoms with van der Waals surface area (Å²) in [7, 11) is -1.97. The van der Waals surface area contributed by atoms with Crippen LogP contribution < -0.4 is 15.4 Å². The van der Waals surface area contributed by atoms with Crippen LogP contribution in [0.1, 0.15) is 44.1 Å². The topological polar surface area (TPSA) is 91.8 Å². The predicted octanol–water partition coefficient (Wildman–Crippen LogP) is 4.07. The molecular formula is C25H40N4O4Si. The van der Waals surface area contributed by atoms with Crippen LogP contribution in [-0.2, 0) is 15.7 Å². The lowest BCUT2D eigenvalue weighted by atomic mass is 10.2. The molecule has 1 amide bonds. The normalized spacial score (nSPS) is 15.9. The number of primary amides is 1. The fourth-order valence-electron chi connectivity index (χ4n) is 3.70. The number of nitrogens with two attached hydrogens (primary N) is 1. The van der Waals surface area contributed by atoms with E-state index < -0.39 is 14.2 Å². The highest BCUT2D eigenvalue weighted by molar-refractivity contribution is 6.74. The van der Waals surface area contributed by atoms with Crippen LogP contribution in [0, 0.1) is 0 Å². The van der Waals surface area contributed by atoms with Gasteiger partial charge in [0.05, 0.1) is 32.3 Å². The first kappa shape index (κ1) is 26.2. The van der Waals surface area contributed by atoms with Crippen molar-refractivity contribution in [2.24, 2.45) is 5.73 Å². The summed E-state index contributed by atoms with van der Waals surface area (Å²) in [5, 5.41) is 0.106. The highest BCUT2D eigenvalue weighted by Gasteiger charge is 2.39. The first-order valence-corrected chi connectivity index (χ1v) is 15.0. The smallest absolute Gasteiger partial charge is 0.268 e. The van der Waals surface area contributed by atoms with Gasteiger partial charge < -0.3 is 29.1 Å².